The lowest BCUT2D eigenvalue weighted by molar-refractivity contribution is 0.215. The van der Waals surface area contributed by atoms with Crippen molar-refractivity contribution in [1.82, 2.24) is 5.32 Å². The highest BCUT2D eigenvalue weighted by molar-refractivity contribution is 9.10. The molecule has 0 aliphatic carbocycles. The lowest BCUT2D eigenvalue weighted by atomic mass is 10.1. The van der Waals surface area contributed by atoms with Crippen LogP contribution >= 0.6 is 27.5 Å². The summed E-state index contributed by atoms with van der Waals surface area (Å²) in [5.41, 5.74) is 1.05. The van der Waals surface area contributed by atoms with E-state index in [1.807, 2.05) is 19.1 Å². The molecule has 108 valence electrons. The lowest BCUT2D eigenvalue weighted by Gasteiger charge is -2.18. The topological polar surface area (TPSA) is 21.3 Å². The molecule has 0 aliphatic rings. The molecular weight excluding hydrogens is 326 g/mol. The van der Waals surface area contributed by atoms with Crippen LogP contribution in [0.5, 0.6) is 5.75 Å². The molecule has 0 spiro atoms. The van der Waals surface area contributed by atoms with Gasteiger partial charge in [0.2, 0.25) is 0 Å². The molecule has 0 radical (unpaired) electrons. The highest BCUT2D eigenvalue weighted by atomic mass is 79.9. The number of halogens is 2. The second-order valence-corrected chi connectivity index (χ2v) is 6.67. The third kappa shape index (κ3) is 6.15. The van der Waals surface area contributed by atoms with Gasteiger partial charge in [-0.1, -0.05) is 41.4 Å². The predicted molar refractivity (Wildman–Crippen MR) is 86.3 cm³/mol. The summed E-state index contributed by atoms with van der Waals surface area (Å²) in [5.74, 6) is 1.51. The van der Waals surface area contributed by atoms with Crippen LogP contribution < -0.4 is 10.1 Å². The molecule has 1 rings (SSSR count). The van der Waals surface area contributed by atoms with Crippen LogP contribution in [0.25, 0.3) is 0 Å². The molecule has 1 aromatic rings. The molecule has 1 atom stereocenters. The average molecular weight is 349 g/mol. The van der Waals surface area contributed by atoms with Gasteiger partial charge in [0, 0.05) is 11.0 Å². The van der Waals surface area contributed by atoms with Crippen molar-refractivity contribution in [3.05, 3.63) is 27.2 Å². The van der Waals surface area contributed by atoms with Crippen molar-refractivity contribution in [3.63, 3.8) is 0 Å². The molecule has 0 saturated heterocycles. The first-order chi connectivity index (χ1) is 8.90. The molecule has 19 heavy (non-hydrogen) atoms. The van der Waals surface area contributed by atoms with E-state index in [0.717, 1.165) is 34.8 Å². The Morgan fingerprint density at radius 1 is 1.32 bits per heavy atom. The fourth-order valence-corrected chi connectivity index (χ4v) is 2.79. The van der Waals surface area contributed by atoms with E-state index in [4.69, 9.17) is 16.3 Å². The van der Waals surface area contributed by atoms with Gasteiger partial charge in [-0.15, -0.1) is 0 Å². The summed E-state index contributed by atoms with van der Waals surface area (Å²) in [5, 5.41) is 4.06. The number of rotatable bonds is 7. The first kappa shape index (κ1) is 16.8. The second kappa shape index (κ2) is 8.13. The molecule has 1 N–H and O–H groups in total. The Bertz CT molecular complexity index is 386. The van der Waals surface area contributed by atoms with Crippen molar-refractivity contribution in [2.24, 2.45) is 5.92 Å². The molecular formula is C15H23BrClNO. The zero-order chi connectivity index (χ0) is 14.4. The summed E-state index contributed by atoms with van der Waals surface area (Å²) in [4.78, 5) is 0. The third-order valence-corrected chi connectivity index (χ3v) is 3.58. The van der Waals surface area contributed by atoms with Crippen LogP contribution in [0.2, 0.25) is 5.02 Å². The van der Waals surface area contributed by atoms with Crippen LogP contribution in [0.1, 0.15) is 32.8 Å². The van der Waals surface area contributed by atoms with Crippen LogP contribution in [0.15, 0.2) is 16.6 Å². The number of aryl methyl sites for hydroxylation is 1. The van der Waals surface area contributed by atoms with E-state index < -0.39 is 0 Å². The molecule has 1 aromatic carbocycles. The molecule has 4 heteroatoms. The summed E-state index contributed by atoms with van der Waals surface area (Å²) in [6.45, 7) is 10.4. The van der Waals surface area contributed by atoms with Gasteiger partial charge in [0.05, 0.1) is 5.02 Å². The minimum Gasteiger partial charge on any atom is -0.488 e. The molecule has 0 saturated carbocycles. The Morgan fingerprint density at radius 3 is 2.58 bits per heavy atom. The summed E-state index contributed by atoms with van der Waals surface area (Å²) in [6.07, 6.45) is 1.29. The van der Waals surface area contributed by atoms with Crippen LogP contribution in [-0.2, 0) is 0 Å². The van der Waals surface area contributed by atoms with Gasteiger partial charge in [0.1, 0.15) is 11.9 Å². The van der Waals surface area contributed by atoms with Gasteiger partial charge in [-0.3, -0.25) is 0 Å². The normalized spacial score (nSPS) is 12.8. The smallest absolute Gasteiger partial charge is 0.141 e. The van der Waals surface area contributed by atoms with E-state index >= 15 is 0 Å². The van der Waals surface area contributed by atoms with Gasteiger partial charge in [0.25, 0.3) is 0 Å². The summed E-state index contributed by atoms with van der Waals surface area (Å²) < 4.78 is 6.90. The van der Waals surface area contributed by atoms with E-state index in [9.17, 15) is 0 Å². The molecule has 0 bridgehead atoms. The Morgan fingerprint density at radius 2 is 2.00 bits per heavy atom. The van der Waals surface area contributed by atoms with Gasteiger partial charge in [-0.25, -0.2) is 0 Å². The monoisotopic (exact) mass is 347 g/mol. The molecule has 0 heterocycles. The fraction of sp³-hybridized carbons (Fsp3) is 0.600. The standard InChI is InChI=1S/C15H23BrClNO/c1-10(2)5-6-18-9-12(4)19-15-11(3)7-13(16)8-14(15)17/h7-8,10,12,18H,5-6,9H2,1-4H3. The Labute approximate surface area is 130 Å². The maximum absolute atomic E-state index is 6.21. The minimum absolute atomic E-state index is 0.101. The van der Waals surface area contributed by atoms with Gasteiger partial charge >= 0.3 is 0 Å². The zero-order valence-corrected chi connectivity index (χ0v) is 14.4. The first-order valence-electron chi connectivity index (χ1n) is 6.73. The number of benzene rings is 1. The molecule has 0 aromatic heterocycles. The van der Waals surface area contributed by atoms with Gasteiger partial charge in [-0.2, -0.15) is 0 Å². The van der Waals surface area contributed by atoms with E-state index in [0.29, 0.717) is 5.02 Å². The third-order valence-electron chi connectivity index (χ3n) is 2.84. The largest absolute Gasteiger partial charge is 0.488 e. The van der Waals surface area contributed by atoms with Crippen molar-refractivity contribution in [2.45, 2.75) is 40.2 Å². The second-order valence-electron chi connectivity index (χ2n) is 5.35. The van der Waals surface area contributed by atoms with Crippen LogP contribution in [-0.4, -0.2) is 19.2 Å². The van der Waals surface area contributed by atoms with Crippen molar-refractivity contribution >= 4 is 27.5 Å². The quantitative estimate of drug-likeness (QED) is 0.714. The van der Waals surface area contributed by atoms with Crippen molar-refractivity contribution < 1.29 is 4.74 Å². The van der Waals surface area contributed by atoms with E-state index in [1.54, 1.807) is 0 Å². The minimum atomic E-state index is 0.101. The summed E-state index contributed by atoms with van der Waals surface area (Å²) in [7, 11) is 0. The van der Waals surface area contributed by atoms with Gasteiger partial charge in [-0.05, 0) is 50.4 Å². The van der Waals surface area contributed by atoms with Crippen LogP contribution in [0.3, 0.4) is 0 Å². The molecule has 2 nitrogen and oxygen atoms in total. The zero-order valence-electron chi connectivity index (χ0n) is 12.1. The molecule has 0 aliphatic heterocycles. The van der Waals surface area contributed by atoms with Crippen molar-refractivity contribution in [1.29, 1.82) is 0 Å². The van der Waals surface area contributed by atoms with E-state index in [1.165, 1.54) is 6.42 Å². The fourth-order valence-electron chi connectivity index (χ4n) is 1.78. The predicted octanol–water partition coefficient (Wildman–Crippen LogP) is 4.81. The maximum atomic E-state index is 6.21. The number of hydrogen-bond donors (Lipinski definition) is 1. The number of ether oxygens (including phenoxy) is 1. The number of hydrogen-bond acceptors (Lipinski definition) is 2. The van der Waals surface area contributed by atoms with E-state index in [2.05, 4.69) is 42.0 Å². The molecule has 1 unspecified atom stereocenters. The Hall–Kier alpha value is -0.250. The highest BCUT2D eigenvalue weighted by Gasteiger charge is 2.11. The average Bonchev–Trinajstić information content (AvgIpc) is 2.29. The van der Waals surface area contributed by atoms with Crippen molar-refractivity contribution in [3.8, 4) is 5.75 Å². The SMILES string of the molecule is Cc1cc(Br)cc(Cl)c1OC(C)CNCCC(C)C. The Kier molecular flexibility index (Phi) is 7.19. The van der Waals surface area contributed by atoms with Crippen LogP contribution in [0.4, 0.5) is 0 Å². The van der Waals surface area contributed by atoms with Gasteiger partial charge in [0.15, 0.2) is 0 Å². The summed E-state index contributed by atoms with van der Waals surface area (Å²) >= 11 is 9.63. The van der Waals surface area contributed by atoms with Crippen LogP contribution in [0, 0.1) is 12.8 Å². The maximum Gasteiger partial charge on any atom is 0.141 e. The molecule has 0 fully saturated rings. The highest BCUT2D eigenvalue weighted by Crippen LogP contribution is 2.32. The Balaban J connectivity index is 2.46. The van der Waals surface area contributed by atoms with Crippen molar-refractivity contribution in [2.75, 3.05) is 13.1 Å². The summed E-state index contributed by atoms with van der Waals surface area (Å²) in [6, 6.07) is 3.88. The lowest BCUT2D eigenvalue weighted by Crippen LogP contribution is -2.30. The van der Waals surface area contributed by atoms with Gasteiger partial charge < -0.3 is 10.1 Å². The number of nitrogens with one attached hydrogen (secondary N) is 1. The first-order valence-corrected chi connectivity index (χ1v) is 7.90. The molecule has 0 amide bonds. The van der Waals surface area contributed by atoms with E-state index in [-0.39, 0.29) is 6.10 Å².